The normalized spacial score (nSPS) is 14.6. The van der Waals surface area contributed by atoms with E-state index >= 15 is 4.39 Å². The van der Waals surface area contributed by atoms with Gasteiger partial charge in [0.05, 0.1) is 5.02 Å². The van der Waals surface area contributed by atoms with Crippen LogP contribution in [0.4, 0.5) is 10.1 Å². The topological polar surface area (TPSA) is 79.3 Å². The SMILES string of the molecule is Cc1c(CCC(=O)O)cccc1NC(=O)CC1(c2ccc(-c3cncc(Cl)c3)c(F)c2)CCCC1. The molecule has 1 saturated carbocycles. The average Bonchev–Trinajstić information content (AvgIpc) is 3.29. The summed E-state index contributed by atoms with van der Waals surface area (Å²) in [6.45, 7) is 1.89. The van der Waals surface area contributed by atoms with Gasteiger partial charge in [-0.15, -0.1) is 0 Å². The number of rotatable bonds is 8. The summed E-state index contributed by atoms with van der Waals surface area (Å²) >= 11 is 6.02. The molecule has 4 rings (SSSR count). The Morgan fingerprint density at radius 3 is 2.60 bits per heavy atom. The van der Waals surface area contributed by atoms with Crippen LogP contribution >= 0.6 is 11.6 Å². The van der Waals surface area contributed by atoms with Crippen LogP contribution in [0.1, 0.15) is 55.2 Å². The molecule has 2 N–H and O–H groups in total. The molecule has 7 heteroatoms. The van der Waals surface area contributed by atoms with Crippen molar-refractivity contribution in [3.8, 4) is 11.1 Å². The smallest absolute Gasteiger partial charge is 0.303 e. The van der Waals surface area contributed by atoms with Crippen LogP contribution in [0.25, 0.3) is 11.1 Å². The molecule has 1 fully saturated rings. The molecule has 35 heavy (non-hydrogen) atoms. The van der Waals surface area contributed by atoms with Gasteiger partial charge in [0, 0.05) is 47.5 Å². The molecule has 0 radical (unpaired) electrons. The molecular formula is C28H28ClFN2O3. The molecule has 1 aliphatic carbocycles. The highest BCUT2D eigenvalue weighted by molar-refractivity contribution is 6.30. The fourth-order valence-electron chi connectivity index (χ4n) is 5.09. The molecule has 0 unspecified atom stereocenters. The first kappa shape index (κ1) is 24.9. The van der Waals surface area contributed by atoms with Gasteiger partial charge in [-0.05, 0) is 61.1 Å². The van der Waals surface area contributed by atoms with Gasteiger partial charge in [0.1, 0.15) is 5.82 Å². The summed E-state index contributed by atoms with van der Waals surface area (Å²) < 4.78 is 15.2. The standard InChI is InChI=1S/C28H28ClFN2O3/c1-18-19(7-10-27(34)35)5-4-6-25(18)32-26(33)15-28(11-2-3-12-28)21-8-9-23(24(30)14-21)20-13-22(29)17-31-16-20/h4-6,8-9,13-14,16-17H,2-3,7,10-12,15H2,1H3,(H,32,33)(H,34,35). The van der Waals surface area contributed by atoms with Crippen LogP contribution in [-0.4, -0.2) is 22.0 Å². The Morgan fingerprint density at radius 2 is 1.91 bits per heavy atom. The van der Waals surface area contributed by atoms with Gasteiger partial charge in [-0.3, -0.25) is 14.6 Å². The average molecular weight is 495 g/mol. The number of aliphatic carboxylic acids is 1. The van der Waals surface area contributed by atoms with E-state index in [1.54, 1.807) is 24.4 Å². The number of aromatic nitrogens is 1. The lowest BCUT2D eigenvalue weighted by Crippen LogP contribution is -2.29. The van der Waals surface area contributed by atoms with Crippen molar-refractivity contribution in [1.82, 2.24) is 4.98 Å². The van der Waals surface area contributed by atoms with E-state index in [2.05, 4.69) is 10.3 Å². The lowest BCUT2D eigenvalue weighted by molar-refractivity contribution is -0.137. The summed E-state index contributed by atoms with van der Waals surface area (Å²) in [6, 6.07) is 12.4. The Bertz CT molecular complexity index is 1250. The monoisotopic (exact) mass is 494 g/mol. The van der Waals surface area contributed by atoms with E-state index in [-0.39, 0.29) is 24.6 Å². The first-order valence-corrected chi connectivity index (χ1v) is 12.2. The van der Waals surface area contributed by atoms with Crippen LogP contribution in [0.15, 0.2) is 54.9 Å². The van der Waals surface area contributed by atoms with E-state index in [0.29, 0.717) is 28.3 Å². The molecule has 0 aliphatic heterocycles. The fraction of sp³-hybridized carbons (Fsp3) is 0.321. The highest BCUT2D eigenvalue weighted by Gasteiger charge is 2.38. The van der Waals surface area contributed by atoms with Crippen LogP contribution in [0.3, 0.4) is 0 Å². The highest BCUT2D eigenvalue weighted by atomic mass is 35.5. The second-order valence-electron chi connectivity index (χ2n) is 9.28. The number of anilines is 1. The lowest BCUT2D eigenvalue weighted by atomic mass is 9.75. The second kappa shape index (κ2) is 10.6. The minimum atomic E-state index is -0.855. The number of hydrogen-bond donors (Lipinski definition) is 2. The lowest BCUT2D eigenvalue weighted by Gasteiger charge is -2.29. The van der Waals surface area contributed by atoms with Gasteiger partial charge in [-0.2, -0.15) is 0 Å². The van der Waals surface area contributed by atoms with Gasteiger partial charge >= 0.3 is 5.97 Å². The summed E-state index contributed by atoms with van der Waals surface area (Å²) in [7, 11) is 0. The van der Waals surface area contributed by atoms with E-state index in [4.69, 9.17) is 16.7 Å². The third-order valence-corrected chi connectivity index (χ3v) is 7.19. The summed E-state index contributed by atoms with van der Waals surface area (Å²) in [5, 5.41) is 12.4. The number of carbonyl (C=O) groups is 2. The number of aryl methyl sites for hydroxylation is 1. The number of halogens is 2. The van der Waals surface area contributed by atoms with Crippen LogP contribution in [0.2, 0.25) is 5.02 Å². The maximum absolute atomic E-state index is 15.2. The number of hydrogen-bond acceptors (Lipinski definition) is 3. The summed E-state index contributed by atoms with van der Waals surface area (Å²) in [5.74, 6) is -1.35. The minimum absolute atomic E-state index is 0.0359. The van der Waals surface area contributed by atoms with E-state index in [1.807, 2.05) is 31.2 Å². The molecule has 1 aliphatic rings. The third kappa shape index (κ3) is 5.70. The number of amides is 1. The maximum Gasteiger partial charge on any atom is 0.303 e. The number of carboxylic acids is 1. The van der Waals surface area contributed by atoms with Gasteiger partial charge in [-0.1, -0.05) is 48.7 Å². The largest absolute Gasteiger partial charge is 0.481 e. The van der Waals surface area contributed by atoms with Crippen LogP contribution in [-0.2, 0) is 21.4 Å². The first-order valence-electron chi connectivity index (χ1n) is 11.8. The molecule has 0 spiro atoms. The zero-order valence-corrected chi connectivity index (χ0v) is 20.4. The Labute approximate surface area is 209 Å². The number of nitrogens with one attached hydrogen (secondary N) is 1. The molecule has 2 aromatic carbocycles. The van der Waals surface area contributed by atoms with E-state index in [0.717, 1.165) is 42.4 Å². The Hall–Kier alpha value is -3.25. The second-order valence-corrected chi connectivity index (χ2v) is 9.72. The molecule has 1 heterocycles. The van der Waals surface area contributed by atoms with Crippen molar-refractivity contribution >= 4 is 29.2 Å². The molecule has 1 amide bonds. The van der Waals surface area contributed by atoms with Crippen molar-refractivity contribution in [3.63, 3.8) is 0 Å². The number of carbonyl (C=O) groups excluding carboxylic acids is 1. The van der Waals surface area contributed by atoms with E-state index < -0.39 is 11.4 Å². The van der Waals surface area contributed by atoms with Gasteiger partial charge in [0.2, 0.25) is 5.91 Å². The minimum Gasteiger partial charge on any atom is -0.481 e. The molecule has 3 aromatic rings. The molecule has 1 aromatic heterocycles. The summed E-state index contributed by atoms with van der Waals surface area (Å²) in [6.07, 6.45) is 7.38. The van der Waals surface area contributed by atoms with Crippen molar-refractivity contribution in [1.29, 1.82) is 0 Å². The van der Waals surface area contributed by atoms with Crippen LogP contribution in [0, 0.1) is 12.7 Å². The summed E-state index contributed by atoms with van der Waals surface area (Å²) in [4.78, 5) is 28.2. The van der Waals surface area contributed by atoms with Crippen molar-refractivity contribution < 1.29 is 19.1 Å². The number of carboxylic acid groups (broad SMARTS) is 1. The first-order chi connectivity index (χ1) is 16.8. The Balaban J connectivity index is 1.54. The van der Waals surface area contributed by atoms with Gasteiger partial charge in [0.25, 0.3) is 0 Å². The van der Waals surface area contributed by atoms with Crippen LogP contribution in [0.5, 0.6) is 0 Å². The zero-order chi connectivity index (χ0) is 25.0. The van der Waals surface area contributed by atoms with Crippen molar-refractivity contribution in [2.45, 2.75) is 57.3 Å². The van der Waals surface area contributed by atoms with Gasteiger partial charge in [0.15, 0.2) is 0 Å². The number of benzene rings is 2. The van der Waals surface area contributed by atoms with Crippen molar-refractivity contribution in [2.24, 2.45) is 0 Å². The Morgan fingerprint density at radius 1 is 1.14 bits per heavy atom. The predicted molar refractivity (Wildman–Crippen MR) is 135 cm³/mol. The van der Waals surface area contributed by atoms with E-state index in [1.165, 1.54) is 6.20 Å². The molecule has 0 atom stereocenters. The van der Waals surface area contributed by atoms with Crippen molar-refractivity contribution in [2.75, 3.05) is 5.32 Å². The van der Waals surface area contributed by atoms with Gasteiger partial charge < -0.3 is 10.4 Å². The summed E-state index contributed by atoms with van der Waals surface area (Å²) in [5.41, 5.74) is 3.88. The highest BCUT2D eigenvalue weighted by Crippen LogP contribution is 2.45. The van der Waals surface area contributed by atoms with Gasteiger partial charge in [-0.25, -0.2) is 4.39 Å². The predicted octanol–water partition coefficient (Wildman–Crippen LogP) is 6.71. The molecule has 0 saturated heterocycles. The third-order valence-electron chi connectivity index (χ3n) is 6.99. The Kier molecular flexibility index (Phi) is 7.51. The quantitative estimate of drug-likeness (QED) is 0.365. The molecule has 182 valence electrons. The number of nitrogens with zero attached hydrogens (tertiary/aromatic N) is 1. The molecule has 0 bridgehead atoms. The van der Waals surface area contributed by atoms with E-state index in [9.17, 15) is 9.59 Å². The number of pyridine rings is 1. The maximum atomic E-state index is 15.2. The fourth-order valence-corrected chi connectivity index (χ4v) is 5.26. The molecule has 5 nitrogen and oxygen atoms in total. The van der Waals surface area contributed by atoms with Crippen LogP contribution < -0.4 is 5.32 Å². The van der Waals surface area contributed by atoms with Crippen molar-refractivity contribution in [3.05, 3.63) is 82.4 Å². The zero-order valence-electron chi connectivity index (χ0n) is 19.6. The molecular weight excluding hydrogens is 467 g/mol.